The third-order valence-corrected chi connectivity index (χ3v) is 2.72. The number of esters is 1. The zero-order valence-electron chi connectivity index (χ0n) is 11.9. The molecule has 0 amide bonds. The second kappa shape index (κ2) is 7.42. The Labute approximate surface area is 117 Å². The van der Waals surface area contributed by atoms with Gasteiger partial charge in [0.1, 0.15) is 5.82 Å². The number of aliphatic carboxylic acids is 1. The van der Waals surface area contributed by atoms with Crippen molar-refractivity contribution in [2.45, 2.75) is 32.7 Å². The first-order valence-electron chi connectivity index (χ1n) is 6.34. The molecule has 0 aliphatic heterocycles. The summed E-state index contributed by atoms with van der Waals surface area (Å²) in [5, 5.41) is 8.68. The van der Waals surface area contributed by atoms with E-state index in [4.69, 9.17) is 5.11 Å². The summed E-state index contributed by atoms with van der Waals surface area (Å²) in [6, 6.07) is 0.117. The molecule has 0 radical (unpaired) electrons. The normalized spacial score (nSPS) is 10.4. The lowest BCUT2D eigenvalue weighted by Gasteiger charge is -2.27. The van der Waals surface area contributed by atoms with E-state index >= 15 is 0 Å². The molecule has 1 N–H and O–H groups in total. The van der Waals surface area contributed by atoms with E-state index in [1.165, 1.54) is 13.3 Å². The highest BCUT2D eigenvalue weighted by molar-refractivity contribution is 5.87. The fraction of sp³-hybridized carbons (Fsp3) is 0.538. The van der Waals surface area contributed by atoms with Gasteiger partial charge in [0.15, 0.2) is 5.69 Å². The average molecular weight is 281 g/mol. The number of ether oxygens (including phenoxy) is 1. The number of hydrogen-bond donors (Lipinski definition) is 1. The monoisotopic (exact) mass is 281 g/mol. The van der Waals surface area contributed by atoms with Crippen LogP contribution in [-0.4, -0.2) is 46.7 Å². The van der Waals surface area contributed by atoms with E-state index in [1.807, 2.05) is 18.7 Å². The van der Waals surface area contributed by atoms with Gasteiger partial charge in [-0.05, 0) is 20.3 Å². The second-order valence-electron chi connectivity index (χ2n) is 4.54. The van der Waals surface area contributed by atoms with Crippen LogP contribution in [0.15, 0.2) is 12.4 Å². The lowest BCUT2D eigenvalue weighted by Crippen LogP contribution is -2.33. The molecule has 0 saturated carbocycles. The Morgan fingerprint density at radius 2 is 2.10 bits per heavy atom. The number of carboxylic acids is 1. The molecule has 0 fully saturated rings. The number of methoxy groups -OCH3 is 1. The summed E-state index contributed by atoms with van der Waals surface area (Å²) >= 11 is 0. The van der Waals surface area contributed by atoms with Gasteiger partial charge >= 0.3 is 11.9 Å². The van der Waals surface area contributed by atoms with Crippen LogP contribution >= 0.6 is 0 Å². The van der Waals surface area contributed by atoms with Gasteiger partial charge in [-0.1, -0.05) is 0 Å². The number of carboxylic acid groups (broad SMARTS) is 1. The highest BCUT2D eigenvalue weighted by atomic mass is 16.5. The fourth-order valence-corrected chi connectivity index (χ4v) is 1.73. The number of carbonyl (C=O) groups excluding carboxylic acids is 1. The van der Waals surface area contributed by atoms with Crippen LogP contribution in [-0.2, 0) is 9.53 Å². The van der Waals surface area contributed by atoms with E-state index in [9.17, 15) is 9.59 Å². The van der Waals surface area contributed by atoms with Crippen LogP contribution in [0.3, 0.4) is 0 Å². The molecular weight excluding hydrogens is 262 g/mol. The second-order valence-corrected chi connectivity index (χ2v) is 4.54. The number of nitrogens with zero attached hydrogens (tertiary/aromatic N) is 3. The summed E-state index contributed by atoms with van der Waals surface area (Å²) in [7, 11) is 1.28. The van der Waals surface area contributed by atoms with Crippen molar-refractivity contribution in [1.29, 1.82) is 0 Å². The Morgan fingerprint density at radius 3 is 2.65 bits per heavy atom. The summed E-state index contributed by atoms with van der Waals surface area (Å²) in [6.07, 6.45) is 3.48. The Kier molecular flexibility index (Phi) is 5.89. The molecule has 0 spiro atoms. The minimum absolute atomic E-state index is 0.0906. The van der Waals surface area contributed by atoms with Gasteiger partial charge in [0.2, 0.25) is 0 Å². The molecule has 0 aliphatic carbocycles. The van der Waals surface area contributed by atoms with Gasteiger partial charge in [-0.15, -0.1) is 0 Å². The van der Waals surface area contributed by atoms with Gasteiger partial charge in [-0.3, -0.25) is 9.78 Å². The predicted molar refractivity (Wildman–Crippen MR) is 72.7 cm³/mol. The molecule has 7 nitrogen and oxygen atoms in total. The van der Waals surface area contributed by atoms with E-state index < -0.39 is 11.9 Å². The largest absolute Gasteiger partial charge is 0.481 e. The van der Waals surface area contributed by atoms with Crippen LogP contribution in [0, 0.1) is 0 Å². The quantitative estimate of drug-likeness (QED) is 0.754. The summed E-state index contributed by atoms with van der Waals surface area (Å²) in [6.45, 7) is 4.46. The van der Waals surface area contributed by atoms with E-state index in [2.05, 4.69) is 14.7 Å². The molecule has 7 heteroatoms. The first-order valence-corrected chi connectivity index (χ1v) is 6.34. The fourth-order valence-electron chi connectivity index (χ4n) is 1.73. The molecule has 0 aliphatic rings. The zero-order valence-corrected chi connectivity index (χ0v) is 11.9. The van der Waals surface area contributed by atoms with Crippen molar-refractivity contribution in [2.75, 3.05) is 18.6 Å². The van der Waals surface area contributed by atoms with Crippen molar-refractivity contribution in [1.82, 2.24) is 9.97 Å². The van der Waals surface area contributed by atoms with Crippen molar-refractivity contribution < 1.29 is 19.4 Å². The first kappa shape index (κ1) is 15.9. The van der Waals surface area contributed by atoms with Gasteiger partial charge in [0.25, 0.3) is 0 Å². The molecule has 110 valence electrons. The molecule has 1 aromatic heterocycles. The number of anilines is 1. The SMILES string of the molecule is COC(=O)c1cncc(N(CCCC(=O)O)C(C)C)n1. The number of hydrogen-bond acceptors (Lipinski definition) is 6. The van der Waals surface area contributed by atoms with Gasteiger partial charge in [0.05, 0.1) is 19.5 Å². The lowest BCUT2D eigenvalue weighted by atomic mass is 10.2. The molecule has 0 aromatic carbocycles. The average Bonchev–Trinajstić information content (AvgIpc) is 2.42. The Morgan fingerprint density at radius 1 is 1.40 bits per heavy atom. The third kappa shape index (κ3) is 4.49. The van der Waals surface area contributed by atoms with Crippen LogP contribution in [0.4, 0.5) is 5.82 Å². The van der Waals surface area contributed by atoms with Crippen molar-refractivity contribution in [3.05, 3.63) is 18.1 Å². The van der Waals surface area contributed by atoms with Crippen molar-refractivity contribution in [3.8, 4) is 0 Å². The summed E-state index contributed by atoms with van der Waals surface area (Å²) in [4.78, 5) is 32.1. The number of rotatable bonds is 7. The first-order chi connectivity index (χ1) is 9.45. The van der Waals surface area contributed by atoms with Gasteiger partial charge in [0, 0.05) is 19.0 Å². The molecular formula is C13H19N3O4. The molecule has 0 saturated heterocycles. The summed E-state index contributed by atoms with van der Waals surface area (Å²) in [5.41, 5.74) is 0.133. The molecule has 0 atom stereocenters. The van der Waals surface area contributed by atoms with Gasteiger partial charge in [-0.2, -0.15) is 0 Å². The number of aromatic nitrogens is 2. The predicted octanol–water partition coefficient (Wildman–Crippen LogP) is 1.34. The maximum atomic E-state index is 11.4. The van der Waals surface area contributed by atoms with Crippen molar-refractivity contribution in [2.24, 2.45) is 0 Å². The van der Waals surface area contributed by atoms with Crippen molar-refractivity contribution >= 4 is 17.8 Å². The molecule has 1 heterocycles. The molecule has 20 heavy (non-hydrogen) atoms. The van der Waals surface area contributed by atoms with Crippen LogP contribution in [0.1, 0.15) is 37.2 Å². The molecule has 1 aromatic rings. The van der Waals surface area contributed by atoms with Crippen LogP contribution in [0.2, 0.25) is 0 Å². The third-order valence-electron chi connectivity index (χ3n) is 2.72. The van der Waals surface area contributed by atoms with Crippen LogP contribution in [0.5, 0.6) is 0 Å². The highest BCUT2D eigenvalue weighted by Gasteiger charge is 2.16. The minimum atomic E-state index is -0.830. The summed E-state index contributed by atoms with van der Waals surface area (Å²) in [5.74, 6) is -0.843. The van der Waals surface area contributed by atoms with E-state index in [0.717, 1.165) is 0 Å². The topological polar surface area (TPSA) is 92.6 Å². The molecule has 1 rings (SSSR count). The lowest BCUT2D eigenvalue weighted by molar-refractivity contribution is -0.137. The Bertz CT molecular complexity index is 476. The van der Waals surface area contributed by atoms with Gasteiger partial charge < -0.3 is 14.7 Å². The molecule has 0 unspecified atom stereocenters. The maximum absolute atomic E-state index is 11.4. The number of carbonyl (C=O) groups is 2. The Balaban J connectivity index is 2.86. The smallest absolute Gasteiger partial charge is 0.358 e. The van der Waals surface area contributed by atoms with E-state index in [1.54, 1.807) is 6.20 Å². The summed E-state index contributed by atoms with van der Waals surface area (Å²) < 4.78 is 4.61. The van der Waals surface area contributed by atoms with Gasteiger partial charge in [-0.25, -0.2) is 9.78 Å². The van der Waals surface area contributed by atoms with Crippen LogP contribution < -0.4 is 4.90 Å². The van der Waals surface area contributed by atoms with E-state index in [0.29, 0.717) is 18.8 Å². The van der Waals surface area contributed by atoms with E-state index in [-0.39, 0.29) is 18.2 Å². The standard InChI is InChI=1S/C13H19N3O4/c1-9(2)16(6-4-5-12(17)18)11-8-14-7-10(15-11)13(19)20-3/h7-9H,4-6H2,1-3H3,(H,17,18). The van der Waals surface area contributed by atoms with Crippen LogP contribution in [0.25, 0.3) is 0 Å². The minimum Gasteiger partial charge on any atom is -0.481 e. The highest BCUT2D eigenvalue weighted by Crippen LogP contribution is 2.14. The zero-order chi connectivity index (χ0) is 15.1. The molecule has 0 bridgehead atoms. The van der Waals surface area contributed by atoms with Crippen molar-refractivity contribution in [3.63, 3.8) is 0 Å². The maximum Gasteiger partial charge on any atom is 0.358 e. The Hall–Kier alpha value is -2.18.